The molecule has 1 saturated carbocycles. The van der Waals surface area contributed by atoms with Crippen molar-refractivity contribution in [2.75, 3.05) is 5.32 Å². The fourth-order valence-electron chi connectivity index (χ4n) is 2.78. The molecule has 1 nitrogen and oxygen atoms in total. The monoisotopic (exact) mass is 251 g/mol. The van der Waals surface area contributed by atoms with Crippen molar-refractivity contribution in [1.82, 2.24) is 0 Å². The third-order valence-electron chi connectivity index (χ3n) is 3.99. The first-order valence-corrected chi connectivity index (χ1v) is 7.10. The Kier molecular flexibility index (Phi) is 4.33. The van der Waals surface area contributed by atoms with Crippen LogP contribution in [0.2, 0.25) is 5.02 Å². The number of benzene rings is 1. The van der Waals surface area contributed by atoms with E-state index in [1.54, 1.807) is 0 Å². The van der Waals surface area contributed by atoms with Gasteiger partial charge in [0.25, 0.3) is 0 Å². The van der Waals surface area contributed by atoms with Gasteiger partial charge in [-0.15, -0.1) is 0 Å². The second-order valence-corrected chi connectivity index (χ2v) is 5.60. The summed E-state index contributed by atoms with van der Waals surface area (Å²) in [7, 11) is 0. The Morgan fingerprint density at radius 2 is 2.18 bits per heavy atom. The third kappa shape index (κ3) is 3.16. The second-order valence-electron chi connectivity index (χ2n) is 5.19. The molecule has 2 rings (SSSR count). The molecule has 1 N–H and O–H groups in total. The van der Waals surface area contributed by atoms with E-state index >= 15 is 0 Å². The fraction of sp³-hybridized carbons (Fsp3) is 0.600. The van der Waals surface area contributed by atoms with Gasteiger partial charge >= 0.3 is 0 Å². The lowest BCUT2D eigenvalue weighted by Crippen LogP contribution is -2.27. The van der Waals surface area contributed by atoms with Crippen molar-refractivity contribution in [3.05, 3.63) is 28.8 Å². The summed E-state index contributed by atoms with van der Waals surface area (Å²) in [5.41, 5.74) is 2.38. The summed E-state index contributed by atoms with van der Waals surface area (Å²) in [5.74, 6) is 0.903. The van der Waals surface area contributed by atoms with Gasteiger partial charge in [0, 0.05) is 16.8 Å². The highest BCUT2D eigenvalue weighted by Crippen LogP contribution is 2.30. The number of halogens is 1. The molecular formula is C15H22ClN. The summed E-state index contributed by atoms with van der Waals surface area (Å²) in [6, 6.07) is 6.75. The molecule has 0 spiro atoms. The van der Waals surface area contributed by atoms with Crippen molar-refractivity contribution >= 4 is 17.3 Å². The molecule has 1 aromatic carbocycles. The molecule has 1 fully saturated rings. The summed E-state index contributed by atoms with van der Waals surface area (Å²) in [6.07, 6.45) is 6.68. The molecule has 1 aromatic rings. The molecule has 17 heavy (non-hydrogen) atoms. The molecule has 0 aliphatic heterocycles. The van der Waals surface area contributed by atoms with Crippen LogP contribution < -0.4 is 5.32 Å². The van der Waals surface area contributed by atoms with Crippen LogP contribution in [0.25, 0.3) is 0 Å². The molecule has 2 heteroatoms. The highest BCUT2D eigenvalue weighted by Gasteiger charge is 2.20. The average molecular weight is 252 g/mol. The lowest BCUT2D eigenvalue weighted by molar-refractivity contribution is 0.327. The molecule has 0 saturated heterocycles. The van der Waals surface area contributed by atoms with Crippen molar-refractivity contribution in [2.45, 2.75) is 52.0 Å². The van der Waals surface area contributed by atoms with E-state index in [0.717, 1.165) is 10.9 Å². The Morgan fingerprint density at radius 1 is 1.35 bits per heavy atom. The van der Waals surface area contributed by atoms with Crippen LogP contribution in [0.3, 0.4) is 0 Å². The lowest BCUT2D eigenvalue weighted by Gasteiger charge is -2.30. The summed E-state index contributed by atoms with van der Waals surface area (Å²) in [5, 5.41) is 4.53. The van der Waals surface area contributed by atoms with E-state index in [-0.39, 0.29) is 0 Å². The number of hydrogen-bond donors (Lipinski definition) is 1. The van der Waals surface area contributed by atoms with E-state index in [1.807, 2.05) is 12.1 Å². The van der Waals surface area contributed by atoms with Crippen LogP contribution in [0.15, 0.2) is 18.2 Å². The molecule has 0 radical (unpaired) electrons. The number of nitrogens with one attached hydrogen (secondary N) is 1. The van der Waals surface area contributed by atoms with Gasteiger partial charge in [0.2, 0.25) is 0 Å². The van der Waals surface area contributed by atoms with Crippen LogP contribution in [0.1, 0.15) is 44.6 Å². The molecule has 0 amide bonds. The summed E-state index contributed by atoms with van der Waals surface area (Å²) >= 11 is 6.15. The first-order chi connectivity index (χ1) is 8.20. The smallest absolute Gasteiger partial charge is 0.0455 e. The Bertz CT molecular complexity index is 375. The maximum Gasteiger partial charge on any atom is 0.0455 e. The molecule has 1 aliphatic rings. The molecule has 0 aromatic heterocycles. The normalized spacial score (nSPS) is 24.6. The molecule has 1 aliphatic carbocycles. The standard InChI is InChI=1S/C15H22ClN/c1-3-12-6-4-7-13(10-12)17-15-9-5-8-14(16)11(15)2/h5,8-9,12-13,17H,3-4,6-7,10H2,1-2H3. The van der Waals surface area contributed by atoms with E-state index in [9.17, 15) is 0 Å². The Balaban J connectivity index is 2.02. The topological polar surface area (TPSA) is 12.0 Å². The van der Waals surface area contributed by atoms with Crippen LogP contribution in [0.4, 0.5) is 5.69 Å². The molecule has 0 bridgehead atoms. The third-order valence-corrected chi connectivity index (χ3v) is 4.40. The zero-order valence-electron chi connectivity index (χ0n) is 10.8. The van der Waals surface area contributed by atoms with Gasteiger partial charge in [0.15, 0.2) is 0 Å². The van der Waals surface area contributed by atoms with Gasteiger partial charge in [0.05, 0.1) is 0 Å². The molecule has 2 unspecified atom stereocenters. The molecule has 0 heterocycles. The van der Waals surface area contributed by atoms with E-state index in [0.29, 0.717) is 6.04 Å². The Hall–Kier alpha value is -0.690. The van der Waals surface area contributed by atoms with Gasteiger partial charge in [-0.2, -0.15) is 0 Å². The zero-order valence-corrected chi connectivity index (χ0v) is 11.6. The lowest BCUT2D eigenvalue weighted by atomic mass is 9.84. The number of rotatable bonds is 3. The van der Waals surface area contributed by atoms with Crippen molar-refractivity contribution in [3.63, 3.8) is 0 Å². The van der Waals surface area contributed by atoms with Crippen LogP contribution in [-0.2, 0) is 0 Å². The molecule has 94 valence electrons. The van der Waals surface area contributed by atoms with Crippen molar-refractivity contribution in [3.8, 4) is 0 Å². The Morgan fingerprint density at radius 3 is 2.94 bits per heavy atom. The zero-order chi connectivity index (χ0) is 12.3. The van der Waals surface area contributed by atoms with Crippen LogP contribution >= 0.6 is 11.6 Å². The van der Waals surface area contributed by atoms with Crippen LogP contribution in [0, 0.1) is 12.8 Å². The minimum atomic E-state index is 0.630. The predicted octanol–water partition coefficient (Wildman–Crippen LogP) is 5.03. The minimum Gasteiger partial charge on any atom is -0.382 e. The predicted molar refractivity (Wildman–Crippen MR) is 75.8 cm³/mol. The summed E-state index contributed by atoms with van der Waals surface area (Å²) < 4.78 is 0. The van der Waals surface area contributed by atoms with Gasteiger partial charge in [-0.25, -0.2) is 0 Å². The van der Waals surface area contributed by atoms with Crippen molar-refractivity contribution in [1.29, 1.82) is 0 Å². The first-order valence-electron chi connectivity index (χ1n) is 6.72. The van der Waals surface area contributed by atoms with E-state index in [4.69, 9.17) is 11.6 Å². The second kappa shape index (κ2) is 5.77. The van der Waals surface area contributed by atoms with Gasteiger partial charge < -0.3 is 5.32 Å². The minimum absolute atomic E-state index is 0.630. The maximum absolute atomic E-state index is 6.15. The van der Waals surface area contributed by atoms with Crippen LogP contribution in [0.5, 0.6) is 0 Å². The van der Waals surface area contributed by atoms with E-state index in [1.165, 1.54) is 43.4 Å². The van der Waals surface area contributed by atoms with Gasteiger partial charge in [-0.05, 0) is 43.4 Å². The highest BCUT2D eigenvalue weighted by molar-refractivity contribution is 6.31. The SMILES string of the molecule is CCC1CCCC(Nc2cccc(Cl)c2C)C1. The Labute approximate surface area is 110 Å². The summed E-state index contributed by atoms with van der Waals surface area (Å²) in [4.78, 5) is 0. The number of anilines is 1. The highest BCUT2D eigenvalue weighted by atomic mass is 35.5. The summed E-state index contributed by atoms with van der Waals surface area (Å²) in [6.45, 7) is 4.39. The van der Waals surface area contributed by atoms with Gasteiger partial charge in [-0.3, -0.25) is 0 Å². The number of hydrogen-bond acceptors (Lipinski definition) is 1. The molecular weight excluding hydrogens is 230 g/mol. The van der Waals surface area contributed by atoms with E-state index in [2.05, 4.69) is 25.2 Å². The average Bonchev–Trinajstić information content (AvgIpc) is 2.35. The van der Waals surface area contributed by atoms with Crippen molar-refractivity contribution < 1.29 is 0 Å². The first kappa shape index (κ1) is 12.8. The van der Waals surface area contributed by atoms with Gasteiger partial charge in [0.1, 0.15) is 0 Å². The largest absolute Gasteiger partial charge is 0.382 e. The molecule has 2 atom stereocenters. The maximum atomic E-state index is 6.15. The van der Waals surface area contributed by atoms with Gasteiger partial charge in [-0.1, -0.05) is 43.9 Å². The fourth-order valence-corrected chi connectivity index (χ4v) is 2.95. The van der Waals surface area contributed by atoms with E-state index < -0.39 is 0 Å². The van der Waals surface area contributed by atoms with Crippen LogP contribution in [-0.4, -0.2) is 6.04 Å². The quantitative estimate of drug-likeness (QED) is 0.795. The van der Waals surface area contributed by atoms with Crippen molar-refractivity contribution in [2.24, 2.45) is 5.92 Å².